The number of nitrogens with zero attached hydrogens (tertiary/aromatic N) is 4. The standard InChI is InChI=1S/C19H19F4N5O2/c1-10(19(21,22)23)11-2-3-13(24-7-11)15-6-12(20)16-8-25-18(27-28(15)16)26-14-4-5-30-9-17(14)29/h2-3,6-8,10,14,17,29H,4-5,9H2,1H3,(H,26,27)/t10-,14+,17+/m0/s1. The van der Waals surface area contributed by atoms with Gasteiger partial charge in [0.25, 0.3) is 0 Å². The Morgan fingerprint density at radius 1 is 1.27 bits per heavy atom. The zero-order chi connectivity index (χ0) is 21.5. The number of ether oxygens (including phenoxy) is 1. The van der Waals surface area contributed by atoms with Gasteiger partial charge in [0.1, 0.15) is 5.52 Å². The van der Waals surface area contributed by atoms with E-state index >= 15 is 0 Å². The number of anilines is 1. The van der Waals surface area contributed by atoms with E-state index in [1.54, 1.807) is 0 Å². The van der Waals surface area contributed by atoms with Crippen molar-refractivity contribution >= 4 is 11.5 Å². The molecule has 7 nitrogen and oxygen atoms in total. The van der Waals surface area contributed by atoms with E-state index in [1.165, 1.54) is 28.9 Å². The maximum atomic E-state index is 14.4. The summed E-state index contributed by atoms with van der Waals surface area (Å²) in [5.41, 5.74) is 0.644. The van der Waals surface area contributed by atoms with Gasteiger partial charge in [-0.05, 0) is 25.0 Å². The zero-order valence-electron chi connectivity index (χ0n) is 15.9. The van der Waals surface area contributed by atoms with E-state index in [0.717, 1.165) is 13.1 Å². The predicted octanol–water partition coefficient (Wildman–Crippen LogP) is 3.16. The van der Waals surface area contributed by atoms with Gasteiger partial charge in [-0.15, -0.1) is 5.10 Å². The van der Waals surface area contributed by atoms with Crippen molar-refractivity contribution < 1.29 is 27.4 Å². The lowest BCUT2D eigenvalue weighted by atomic mass is 10.0. The maximum Gasteiger partial charge on any atom is 0.395 e. The monoisotopic (exact) mass is 425 g/mol. The lowest BCUT2D eigenvalue weighted by molar-refractivity contribution is -0.146. The van der Waals surface area contributed by atoms with Crippen molar-refractivity contribution in [1.29, 1.82) is 0 Å². The molecule has 3 aromatic heterocycles. The normalized spacial score (nSPS) is 21.0. The van der Waals surface area contributed by atoms with Crippen molar-refractivity contribution in [2.24, 2.45) is 0 Å². The Hall–Kier alpha value is -2.79. The number of rotatable bonds is 4. The lowest BCUT2D eigenvalue weighted by Gasteiger charge is -2.28. The molecule has 1 saturated heterocycles. The fourth-order valence-corrected chi connectivity index (χ4v) is 3.26. The molecule has 0 amide bonds. The van der Waals surface area contributed by atoms with Gasteiger partial charge in [0.05, 0.1) is 42.3 Å². The number of aliphatic hydroxyl groups is 1. The first kappa shape index (κ1) is 20.5. The minimum atomic E-state index is -4.38. The number of fused-ring (bicyclic) bond motifs is 1. The molecule has 0 bridgehead atoms. The molecule has 2 N–H and O–H groups in total. The van der Waals surface area contributed by atoms with Gasteiger partial charge < -0.3 is 15.2 Å². The Morgan fingerprint density at radius 2 is 2.07 bits per heavy atom. The van der Waals surface area contributed by atoms with Gasteiger partial charge in [-0.25, -0.2) is 13.9 Å². The number of pyridine rings is 1. The van der Waals surface area contributed by atoms with Crippen molar-refractivity contribution in [2.75, 3.05) is 18.5 Å². The number of halogens is 4. The van der Waals surface area contributed by atoms with Crippen LogP contribution in [-0.2, 0) is 4.74 Å². The van der Waals surface area contributed by atoms with E-state index in [4.69, 9.17) is 4.74 Å². The second kappa shape index (κ2) is 7.80. The molecule has 1 aliphatic rings. The molecule has 0 aromatic carbocycles. The molecule has 0 spiro atoms. The highest BCUT2D eigenvalue weighted by molar-refractivity contribution is 5.64. The first-order chi connectivity index (χ1) is 14.2. The summed E-state index contributed by atoms with van der Waals surface area (Å²) in [6.45, 7) is 1.72. The van der Waals surface area contributed by atoms with E-state index in [-0.39, 0.29) is 41.1 Å². The van der Waals surface area contributed by atoms with Crippen molar-refractivity contribution in [1.82, 2.24) is 19.6 Å². The molecule has 0 aliphatic carbocycles. The molecule has 4 rings (SSSR count). The topological polar surface area (TPSA) is 84.6 Å². The molecular weight excluding hydrogens is 406 g/mol. The molecule has 3 atom stereocenters. The highest BCUT2D eigenvalue weighted by Crippen LogP contribution is 2.34. The molecule has 30 heavy (non-hydrogen) atoms. The smallest absolute Gasteiger partial charge is 0.389 e. The molecule has 0 unspecified atom stereocenters. The second-order valence-corrected chi connectivity index (χ2v) is 7.18. The minimum absolute atomic E-state index is 0.0121. The summed E-state index contributed by atoms with van der Waals surface area (Å²) in [5.74, 6) is -2.08. The number of hydrogen-bond donors (Lipinski definition) is 2. The quantitative estimate of drug-likeness (QED) is 0.625. The molecule has 160 valence electrons. The van der Waals surface area contributed by atoms with Crippen LogP contribution in [0.1, 0.15) is 24.8 Å². The lowest BCUT2D eigenvalue weighted by Crippen LogP contribution is -2.42. The van der Waals surface area contributed by atoms with Gasteiger partial charge in [-0.3, -0.25) is 4.98 Å². The highest BCUT2D eigenvalue weighted by Gasteiger charge is 2.37. The Labute approximate surface area is 168 Å². The third-order valence-electron chi connectivity index (χ3n) is 5.15. The van der Waals surface area contributed by atoms with Gasteiger partial charge in [-0.2, -0.15) is 13.2 Å². The van der Waals surface area contributed by atoms with Crippen LogP contribution in [0, 0.1) is 5.82 Å². The summed E-state index contributed by atoms with van der Waals surface area (Å²) in [4.78, 5) is 8.17. The van der Waals surface area contributed by atoms with Crippen LogP contribution in [0.25, 0.3) is 16.9 Å². The van der Waals surface area contributed by atoms with E-state index in [2.05, 4.69) is 20.4 Å². The fraction of sp³-hybridized carbons (Fsp3) is 0.421. The van der Waals surface area contributed by atoms with Gasteiger partial charge in [0.2, 0.25) is 5.95 Å². The molecule has 1 fully saturated rings. The third-order valence-corrected chi connectivity index (χ3v) is 5.15. The summed E-state index contributed by atoms with van der Waals surface area (Å²) in [6, 6.07) is 3.60. The van der Waals surface area contributed by atoms with Gasteiger partial charge >= 0.3 is 6.18 Å². The SMILES string of the molecule is C[C@@H](c1ccc(-c2cc(F)c3cnc(N[C@@H]4CCOC[C@H]4O)nn23)nc1)C(F)(F)F. The van der Waals surface area contributed by atoms with Crippen LogP contribution >= 0.6 is 0 Å². The Kier molecular flexibility index (Phi) is 5.33. The van der Waals surface area contributed by atoms with Crippen LogP contribution in [0.3, 0.4) is 0 Å². The molecule has 0 saturated carbocycles. The summed E-state index contributed by atoms with van der Waals surface area (Å²) in [5, 5.41) is 17.3. The first-order valence-corrected chi connectivity index (χ1v) is 9.33. The predicted molar refractivity (Wildman–Crippen MR) is 99.5 cm³/mol. The Bertz CT molecular complexity index is 1040. The van der Waals surface area contributed by atoms with Gasteiger partial charge in [0, 0.05) is 18.9 Å². The molecular formula is C19H19F4N5O2. The maximum absolute atomic E-state index is 14.4. The van der Waals surface area contributed by atoms with Crippen molar-refractivity contribution in [2.45, 2.75) is 37.6 Å². The van der Waals surface area contributed by atoms with Crippen molar-refractivity contribution in [3.8, 4) is 11.4 Å². The largest absolute Gasteiger partial charge is 0.395 e. The number of alkyl halides is 3. The average molecular weight is 425 g/mol. The summed E-state index contributed by atoms with van der Waals surface area (Å²) in [6.07, 6.45) is -2.14. The van der Waals surface area contributed by atoms with Crippen LogP contribution in [0.4, 0.5) is 23.5 Å². The van der Waals surface area contributed by atoms with E-state index in [9.17, 15) is 22.7 Å². The number of aromatic nitrogens is 4. The Balaban J connectivity index is 1.65. The highest BCUT2D eigenvalue weighted by atomic mass is 19.4. The Morgan fingerprint density at radius 3 is 2.73 bits per heavy atom. The fourth-order valence-electron chi connectivity index (χ4n) is 3.26. The zero-order valence-corrected chi connectivity index (χ0v) is 15.9. The van der Waals surface area contributed by atoms with Crippen LogP contribution < -0.4 is 5.32 Å². The molecule has 3 aromatic rings. The minimum Gasteiger partial charge on any atom is -0.389 e. The van der Waals surface area contributed by atoms with E-state index < -0.39 is 24.0 Å². The number of aliphatic hydroxyl groups excluding tert-OH is 1. The first-order valence-electron chi connectivity index (χ1n) is 9.33. The van der Waals surface area contributed by atoms with Crippen LogP contribution in [0.2, 0.25) is 0 Å². The van der Waals surface area contributed by atoms with Crippen LogP contribution in [-0.4, -0.2) is 56.2 Å². The molecule has 1 aliphatic heterocycles. The van der Waals surface area contributed by atoms with Gasteiger partial charge in [-0.1, -0.05) is 6.07 Å². The van der Waals surface area contributed by atoms with Crippen molar-refractivity contribution in [3.63, 3.8) is 0 Å². The number of hydrogen-bond acceptors (Lipinski definition) is 6. The van der Waals surface area contributed by atoms with E-state index in [0.29, 0.717) is 13.0 Å². The molecule has 0 radical (unpaired) electrons. The van der Waals surface area contributed by atoms with Crippen LogP contribution in [0.5, 0.6) is 0 Å². The average Bonchev–Trinajstić information content (AvgIpc) is 3.04. The second-order valence-electron chi connectivity index (χ2n) is 7.18. The third kappa shape index (κ3) is 3.94. The molecule has 11 heteroatoms. The summed E-state index contributed by atoms with van der Waals surface area (Å²) in [7, 11) is 0. The molecule has 4 heterocycles. The van der Waals surface area contributed by atoms with E-state index in [1.807, 2.05) is 0 Å². The summed E-state index contributed by atoms with van der Waals surface area (Å²) >= 11 is 0. The number of nitrogens with one attached hydrogen (secondary N) is 1. The van der Waals surface area contributed by atoms with Crippen LogP contribution in [0.15, 0.2) is 30.6 Å². The van der Waals surface area contributed by atoms with Gasteiger partial charge in [0.15, 0.2) is 5.82 Å². The summed E-state index contributed by atoms with van der Waals surface area (Å²) < 4.78 is 59.5. The van der Waals surface area contributed by atoms with Crippen molar-refractivity contribution in [3.05, 3.63) is 42.0 Å².